The number of carbonyl (C=O) groups is 2. The molecular formula is C19H28N2O4S. The van der Waals surface area contributed by atoms with Crippen LogP contribution in [0.3, 0.4) is 0 Å². The summed E-state index contributed by atoms with van der Waals surface area (Å²) in [4.78, 5) is 29.8. The van der Waals surface area contributed by atoms with Gasteiger partial charge in [-0.25, -0.2) is 0 Å². The highest BCUT2D eigenvalue weighted by Gasteiger charge is 2.46. The topological polar surface area (TPSA) is 70.1 Å². The van der Waals surface area contributed by atoms with Crippen molar-refractivity contribution in [2.75, 3.05) is 39.9 Å². The van der Waals surface area contributed by atoms with E-state index >= 15 is 0 Å². The molecule has 2 atom stereocenters. The number of ether oxygens (including phenoxy) is 1. The molecule has 144 valence electrons. The predicted octanol–water partition coefficient (Wildman–Crippen LogP) is 1.77. The highest BCUT2D eigenvalue weighted by molar-refractivity contribution is 7.10. The van der Waals surface area contributed by atoms with E-state index in [0.29, 0.717) is 39.0 Å². The lowest BCUT2D eigenvalue weighted by Gasteiger charge is -2.50. The van der Waals surface area contributed by atoms with Gasteiger partial charge < -0.3 is 19.6 Å². The maximum absolute atomic E-state index is 12.9. The standard InChI is InChI=1S/C19H28N2O4S/c1-3-4-16-9-14(13-26-16)18(23)21-8-6-19(24)5-7-20(10-15(19)11-21)17(22)12-25-2/h9,13,15,24H,3-8,10-12H2,1-2H3/t15-,19-/m0/s1. The van der Waals surface area contributed by atoms with Crippen LogP contribution in [0.4, 0.5) is 0 Å². The van der Waals surface area contributed by atoms with Gasteiger partial charge in [0.15, 0.2) is 0 Å². The first-order chi connectivity index (χ1) is 12.5. The van der Waals surface area contributed by atoms with Gasteiger partial charge in [0.1, 0.15) is 6.61 Å². The molecule has 2 fully saturated rings. The van der Waals surface area contributed by atoms with Gasteiger partial charge in [0.2, 0.25) is 5.91 Å². The lowest BCUT2D eigenvalue weighted by molar-refractivity contribution is -0.148. The van der Waals surface area contributed by atoms with Crippen LogP contribution >= 0.6 is 11.3 Å². The number of fused-ring (bicyclic) bond motifs is 1. The smallest absolute Gasteiger partial charge is 0.254 e. The SMILES string of the molecule is CCCc1cc(C(=O)N2CC[C@@]3(O)CCN(C(=O)COC)C[C@H]3C2)cs1. The van der Waals surface area contributed by atoms with Crippen LogP contribution in [0.15, 0.2) is 11.4 Å². The van der Waals surface area contributed by atoms with E-state index in [9.17, 15) is 14.7 Å². The average Bonchev–Trinajstić information content (AvgIpc) is 3.09. The molecular weight excluding hydrogens is 352 g/mol. The fourth-order valence-electron chi connectivity index (χ4n) is 3.98. The lowest BCUT2D eigenvalue weighted by Crippen LogP contribution is -2.61. The number of thiophene rings is 1. The molecule has 0 unspecified atom stereocenters. The zero-order chi connectivity index (χ0) is 18.7. The first-order valence-corrected chi connectivity index (χ1v) is 10.2. The van der Waals surface area contributed by atoms with Gasteiger partial charge >= 0.3 is 0 Å². The van der Waals surface area contributed by atoms with Crippen molar-refractivity contribution in [2.45, 2.75) is 38.2 Å². The molecule has 0 spiro atoms. The second kappa shape index (κ2) is 8.06. The molecule has 0 saturated carbocycles. The third kappa shape index (κ3) is 3.94. The van der Waals surface area contributed by atoms with Crippen LogP contribution in [0.25, 0.3) is 0 Å². The Balaban J connectivity index is 1.67. The van der Waals surface area contributed by atoms with Gasteiger partial charge in [0, 0.05) is 49.5 Å². The van der Waals surface area contributed by atoms with Gasteiger partial charge in [-0.3, -0.25) is 9.59 Å². The molecule has 3 rings (SSSR count). The van der Waals surface area contributed by atoms with Crippen LogP contribution in [0.2, 0.25) is 0 Å². The molecule has 0 radical (unpaired) electrons. The van der Waals surface area contributed by atoms with Crippen LogP contribution in [0.5, 0.6) is 0 Å². The summed E-state index contributed by atoms with van der Waals surface area (Å²) in [6.07, 6.45) is 3.20. The highest BCUT2D eigenvalue weighted by Crippen LogP contribution is 2.36. The van der Waals surface area contributed by atoms with Crippen LogP contribution in [0.1, 0.15) is 41.4 Å². The number of likely N-dealkylation sites (tertiary alicyclic amines) is 2. The van der Waals surface area contributed by atoms with Crippen molar-refractivity contribution in [2.24, 2.45) is 5.92 Å². The molecule has 0 bridgehead atoms. The van der Waals surface area contributed by atoms with Gasteiger partial charge in [0.05, 0.1) is 11.2 Å². The molecule has 26 heavy (non-hydrogen) atoms. The second-order valence-corrected chi connectivity index (χ2v) is 8.37. The Hall–Kier alpha value is -1.44. The number of hydrogen-bond donors (Lipinski definition) is 1. The Morgan fingerprint density at radius 3 is 2.69 bits per heavy atom. The van der Waals surface area contributed by atoms with Crippen molar-refractivity contribution >= 4 is 23.2 Å². The average molecular weight is 381 g/mol. The monoisotopic (exact) mass is 380 g/mol. The summed E-state index contributed by atoms with van der Waals surface area (Å²) in [5, 5.41) is 12.9. The summed E-state index contributed by atoms with van der Waals surface area (Å²) in [6.45, 7) is 4.28. The van der Waals surface area contributed by atoms with Crippen LogP contribution in [-0.2, 0) is 16.0 Å². The predicted molar refractivity (Wildman–Crippen MR) is 100 cm³/mol. The number of amides is 2. The van der Waals surface area contributed by atoms with Gasteiger partial charge in [-0.05, 0) is 25.3 Å². The van der Waals surface area contributed by atoms with Crippen molar-refractivity contribution in [3.05, 3.63) is 21.9 Å². The molecule has 6 nitrogen and oxygen atoms in total. The number of rotatable bonds is 5. The third-order valence-corrected chi connectivity index (χ3v) is 6.57. The minimum Gasteiger partial charge on any atom is -0.389 e. The molecule has 2 aliphatic heterocycles. The summed E-state index contributed by atoms with van der Waals surface area (Å²) < 4.78 is 4.94. The van der Waals surface area contributed by atoms with Crippen LogP contribution in [-0.4, -0.2) is 72.2 Å². The maximum atomic E-state index is 12.9. The number of aliphatic hydroxyl groups is 1. The quantitative estimate of drug-likeness (QED) is 0.845. The molecule has 3 heterocycles. The summed E-state index contributed by atoms with van der Waals surface area (Å²) >= 11 is 1.63. The number of carbonyl (C=O) groups excluding carboxylic acids is 2. The Morgan fingerprint density at radius 2 is 2.00 bits per heavy atom. The van der Waals surface area contributed by atoms with Crippen molar-refractivity contribution in [3.63, 3.8) is 0 Å². The van der Waals surface area contributed by atoms with E-state index < -0.39 is 5.60 Å². The fraction of sp³-hybridized carbons (Fsp3) is 0.684. The second-order valence-electron chi connectivity index (χ2n) is 7.38. The highest BCUT2D eigenvalue weighted by atomic mass is 32.1. The van der Waals surface area contributed by atoms with E-state index in [0.717, 1.165) is 18.4 Å². The Bertz CT molecular complexity index is 662. The summed E-state index contributed by atoms with van der Waals surface area (Å²) in [5.74, 6) is -0.130. The van der Waals surface area contributed by atoms with Gasteiger partial charge in [-0.1, -0.05) is 13.3 Å². The zero-order valence-corrected chi connectivity index (χ0v) is 16.4. The minimum absolute atomic E-state index is 0.0333. The molecule has 0 aliphatic carbocycles. The Morgan fingerprint density at radius 1 is 1.31 bits per heavy atom. The summed E-state index contributed by atoms with van der Waals surface area (Å²) in [5.41, 5.74) is -0.0325. The molecule has 7 heteroatoms. The first kappa shape index (κ1) is 19.3. The summed E-state index contributed by atoms with van der Waals surface area (Å²) in [6, 6.07) is 1.99. The first-order valence-electron chi connectivity index (χ1n) is 9.32. The van der Waals surface area contributed by atoms with E-state index in [2.05, 4.69) is 6.92 Å². The molecule has 1 aromatic rings. The van der Waals surface area contributed by atoms with E-state index in [1.807, 2.05) is 16.3 Å². The van der Waals surface area contributed by atoms with Crippen LogP contribution < -0.4 is 0 Å². The fourth-order valence-corrected chi connectivity index (χ4v) is 4.95. The molecule has 2 saturated heterocycles. The minimum atomic E-state index is -0.775. The maximum Gasteiger partial charge on any atom is 0.254 e. The molecule has 2 amide bonds. The van der Waals surface area contributed by atoms with Gasteiger partial charge in [0.25, 0.3) is 5.91 Å². The molecule has 1 N–H and O–H groups in total. The normalized spacial score (nSPS) is 25.9. The molecule has 2 aliphatic rings. The number of nitrogens with zero attached hydrogens (tertiary/aromatic N) is 2. The molecule has 0 aromatic carbocycles. The molecule has 1 aromatic heterocycles. The van der Waals surface area contributed by atoms with Crippen molar-refractivity contribution in [1.29, 1.82) is 0 Å². The van der Waals surface area contributed by atoms with Gasteiger partial charge in [-0.2, -0.15) is 0 Å². The zero-order valence-electron chi connectivity index (χ0n) is 15.6. The van der Waals surface area contributed by atoms with Crippen molar-refractivity contribution < 1.29 is 19.4 Å². The van der Waals surface area contributed by atoms with E-state index in [4.69, 9.17) is 4.74 Å². The van der Waals surface area contributed by atoms with Crippen LogP contribution in [0, 0.1) is 5.92 Å². The van der Waals surface area contributed by atoms with Crippen molar-refractivity contribution in [1.82, 2.24) is 9.80 Å². The summed E-state index contributed by atoms with van der Waals surface area (Å²) in [7, 11) is 1.51. The van der Waals surface area contributed by atoms with E-state index in [1.165, 1.54) is 12.0 Å². The van der Waals surface area contributed by atoms with Crippen molar-refractivity contribution in [3.8, 4) is 0 Å². The number of methoxy groups -OCH3 is 1. The number of hydrogen-bond acceptors (Lipinski definition) is 5. The number of piperidine rings is 2. The Kier molecular flexibility index (Phi) is 5.99. The third-order valence-electron chi connectivity index (χ3n) is 5.58. The van der Waals surface area contributed by atoms with E-state index in [1.54, 1.807) is 16.2 Å². The van der Waals surface area contributed by atoms with E-state index in [-0.39, 0.29) is 24.3 Å². The number of aryl methyl sites for hydroxylation is 1. The lowest BCUT2D eigenvalue weighted by atomic mass is 9.75. The largest absolute Gasteiger partial charge is 0.389 e. The van der Waals surface area contributed by atoms with Gasteiger partial charge in [-0.15, -0.1) is 11.3 Å². The Labute approximate surface area is 158 Å².